The molecule has 0 radical (unpaired) electrons. The van der Waals surface area contributed by atoms with E-state index in [1.807, 2.05) is 18.2 Å². The molecule has 1 amide bonds. The lowest BCUT2D eigenvalue weighted by Gasteiger charge is -2.34. The Hall–Kier alpha value is -2.32. The number of benzene rings is 1. The zero-order chi connectivity index (χ0) is 19.8. The Morgan fingerprint density at radius 3 is 2.19 bits per heavy atom. The van der Waals surface area contributed by atoms with Crippen molar-refractivity contribution in [1.29, 1.82) is 0 Å². The minimum Gasteiger partial charge on any atom is -0.466 e. The van der Waals surface area contributed by atoms with Gasteiger partial charge in [-0.15, -0.1) is 0 Å². The first-order valence-electron chi connectivity index (χ1n) is 8.57. The maximum Gasteiger partial charge on any atom is 0.410 e. The molecule has 2 aliphatic heterocycles. The third-order valence-corrected chi connectivity index (χ3v) is 4.30. The number of esters is 1. The summed E-state index contributed by atoms with van der Waals surface area (Å²) in [6.45, 7) is 0.377. The number of hydrogen-bond donors (Lipinski definition) is 0. The summed E-state index contributed by atoms with van der Waals surface area (Å²) in [5, 5.41) is 0. The molecule has 2 saturated heterocycles. The normalized spacial score (nSPS) is 22.8. The highest BCUT2D eigenvalue weighted by atomic mass is 19.3. The van der Waals surface area contributed by atoms with Gasteiger partial charge in [-0.25, -0.2) is 22.4 Å². The number of ether oxygens (including phenoxy) is 2. The number of cyclic esters (lactones) is 2. The van der Waals surface area contributed by atoms with Crippen LogP contribution in [0.15, 0.2) is 30.3 Å². The monoisotopic (exact) mass is 391 g/mol. The van der Waals surface area contributed by atoms with Gasteiger partial charge in [0, 0.05) is 18.9 Å². The summed E-state index contributed by atoms with van der Waals surface area (Å²) in [4.78, 5) is 23.0. The predicted molar refractivity (Wildman–Crippen MR) is 87.4 cm³/mol. The van der Waals surface area contributed by atoms with Gasteiger partial charge in [0.2, 0.25) is 6.43 Å². The first kappa shape index (κ1) is 21.0. The summed E-state index contributed by atoms with van der Waals surface area (Å²) in [7, 11) is 0. The Morgan fingerprint density at radius 2 is 1.63 bits per heavy atom. The largest absolute Gasteiger partial charge is 0.466 e. The van der Waals surface area contributed by atoms with E-state index in [1.165, 1.54) is 0 Å². The van der Waals surface area contributed by atoms with E-state index in [9.17, 15) is 27.2 Å². The molecule has 0 bridgehead atoms. The van der Waals surface area contributed by atoms with E-state index in [2.05, 4.69) is 4.74 Å². The van der Waals surface area contributed by atoms with Crippen LogP contribution >= 0.6 is 0 Å². The molecule has 1 aromatic rings. The number of rotatable bonds is 4. The van der Waals surface area contributed by atoms with Gasteiger partial charge in [0.1, 0.15) is 0 Å². The van der Waals surface area contributed by atoms with Crippen LogP contribution in [0.2, 0.25) is 0 Å². The molecular formula is C18H21F4NO4. The van der Waals surface area contributed by atoms with Crippen LogP contribution in [-0.4, -0.2) is 49.1 Å². The van der Waals surface area contributed by atoms with E-state index in [0.717, 1.165) is 10.5 Å². The van der Waals surface area contributed by atoms with Crippen LogP contribution in [0.3, 0.4) is 0 Å². The summed E-state index contributed by atoms with van der Waals surface area (Å²) < 4.78 is 58.6. The van der Waals surface area contributed by atoms with Gasteiger partial charge in [0.05, 0.1) is 25.7 Å². The van der Waals surface area contributed by atoms with Crippen molar-refractivity contribution in [3.8, 4) is 0 Å². The number of carbonyl (C=O) groups excluding carboxylic acids is 2. The molecule has 0 N–H and O–H groups in total. The lowest BCUT2D eigenvalue weighted by Crippen LogP contribution is -2.48. The molecule has 0 spiro atoms. The highest BCUT2D eigenvalue weighted by molar-refractivity contribution is 5.70. The van der Waals surface area contributed by atoms with E-state index in [4.69, 9.17) is 4.74 Å². The molecule has 0 aliphatic carbocycles. The fourth-order valence-corrected chi connectivity index (χ4v) is 2.78. The first-order chi connectivity index (χ1) is 12.9. The van der Waals surface area contributed by atoms with Gasteiger partial charge < -0.3 is 9.47 Å². The molecule has 0 aromatic heterocycles. The Morgan fingerprint density at radius 1 is 0.963 bits per heavy atom. The Kier molecular flexibility index (Phi) is 7.87. The van der Waals surface area contributed by atoms with E-state index in [1.54, 1.807) is 12.1 Å². The van der Waals surface area contributed by atoms with Crippen LogP contribution in [-0.2, 0) is 20.8 Å². The van der Waals surface area contributed by atoms with E-state index in [0.29, 0.717) is 6.42 Å². The van der Waals surface area contributed by atoms with Crippen LogP contribution in [0.25, 0.3) is 0 Å². The lowest BCUT2D eigenvalue weighted by atomic mass is 10.0. The van der Waals surface area contributed by atoms with Crippen molar-refractivity contribution < 1.29 is 36.6 Å². The van der Waals surface area contributed by atoms with Crippen molar-refractivity contribution in [2.24, 2.45) is 5.92 Å². The Bertz CT molecular complexity index is 615. The van der Waals surface area contributed by atoms with E-state index < -0.39 is 36.9 Å². The molecule has 9 heteroatoms. The summed E-state index contributed by atoms with van der Waals surface area (Å²) in [6.07, 6.45) is -5.23. The van der Waals surface area contributed by atoms with Crippen LogP contribution < -0.4 is 0 Å². The quantitative estimate of drug-likeness (QED) is 0.578. The molecule has 2 fully saturated rings. The standard InChI is InChI=1S/C12H13F2NO2.C6H8F2O2/c13-11(14)10-6-7-17-12(16)15(10)8-9-4-2-1-3-5-9;7-6(8)4-1-2-10-5(9)3-4/h1-5,10-11H,6-8H2;4,6H,1-3H2/t10-;4-/m01/s1. The fraction of sp³-hybridized carbons (Fsp3) is 0.556. The van der Waals surface area contributed by atoms with Crippen LogP contribution in [0.5, 0.6) is 0 Å². The minimum atomic E-state index is -2.54. The van der Waals surface area contributed by atoms with E-state index in [-0.39, 0.29) is 32.6 Å². The molecule has 1 aromatic carbocycles. The average molecular weight is 391 g/mol. The number of amides is 1. The molecule has 150 valence electrons. The zero-order valence-electron chi connectivity index (χ0n) is 14.5. The number of alkyl halides is 4. The van der Waals surface area contributed by atoms with Gasteiger partial charge in [-0.1, -0.05) is 30.3 Å². The molecule has 27 heavy (non-hydrogen) atoms. The SMILES string of the molecule is O=C1C[C@H](C(F)F)CCO1.O=C1OCC[C@@H](C(F)F)N1Cc1ccccc1. The maximum absolute atomic E-state index is 12.8. The molecule has 0 saturated carbocycles. The number of nitrogens with zero attached hydrogens (tertiary/aromatic N) is 1. The molecule has 2 atom stereocenters. The summed E-state index contributed by atoms with van der Waals surface area (Å²) in [5.41, 5.74) is 0.817. The number of carbonyl (C=O) groups is 2. The van der Waals surface area contributed by atoms with Gasteiger partial charge in [-0.3, -0.25) is 9.69 Å². The van der Waals surface area contributed by atoms with Crippen molar-refractivity contribution in [2.75, 3.05) is 13.2 Å². The second kappa shape index (κ2) is 10.1. The number of halogens is 4. The van der Waals surface area contributed by atoms with Gasteiger partial charge in [-0.2, -0.15) is 0 Å². The molecular weight excluding hydrogens is 370 g/mol. The topological polar surface area (TPSA) is 55.8 Å². The smallest absolute Gasteiger partial charge is 0.410 e. The lowest BCUT2D eigenvalue weighted by molar-refractivity contribution is -0.152. The highest BCUT2D eigenvalue weighted by Crippen LogP contribution is 2.23. The molecule has 5 nitrogen and oxygen atoms in total. The molecule has 0 unspecified atom stereocenters. The van der Waals surface area contributed by atoms with Crippen LogP contribution in [0, 0.1) is 5.92 Å². The summed E-state index contributed by atoms with van der Waals surface area (Å²) in [6, 6.07) is 8.00. The number of hydrogen-bond acceptors (Lipinski definition) is 4. The Labute approximate surface area is 154 Å². The molecule has 3 rings (SSSR count). The highest BCUT2D eigenvalue weighted by Gasteiger charge is 2.35. The van der Waals surface area contributed by atoms with Crippen molar-refractivity contribution in [1.82, 2.24) is 4.90 Å². The summed E-state index contributed by atoms with van der Waals surface area (Å²) >= 11 is 0. The molecule has 2 aliphatic rings. The second-order valence-corrected chi connectivity index (χ2v) is 6.23. The Balaban J connectivity index is 0.000000223. The zero-order valence-corrected chi connectivity index (χ0v) is 14.5. The molecule has 2 heterocycles. The van der Waals surface area contributed by atoms with Gasteiger partial charge in [0.25, 0.3) is 6.43 Å². The minimum absolute atomic E-state index is 0.0686. The van der Waals surface area contributed by atoms with Crippen molar-refractivity contribution >= 4 is 12.1 Å². The van der Waals surface area contributed by atoms with Gasteiger partial charge in [0.15, 0.2) is 0 Å². The predicted octanol–water partition coefficient (Wildman–Crippen LogP) is 3.87. The maximum atomic E-state index is 12.8. The third-order valence-electron chi connectivity index (χ3n) is 4.30. The van der Waals surface area contributed by atoms with Gasteiger partial charge >= 0.3 is 12.1 Å². The summed E-state index contributed by atoms with van der Waals surface area (Å²) in [5.74, 6) is -1.28. The van der Waals surface area contributed by atoms with E-state index >= 15 is 0 Å². The fourth-order valence-electron chi connectivity index (χ4n) is 2.78. The van der Waals surface area contributed by atoms with Crippen molar-refractivity contribution in [3.05, 3.63) is 35.9 Å². The first-order valence-corrected chi connectivity index (χ1v) is 8.57. The van der Waals surface area contributed by atoms with Crippen molar-refractivity contribution in [2.45, 2.75) is 44.7 Å². The van der Waals surface area contributed by atoms with Crippen LogP contribution in [0.4, 0.5) is 22.4 Å². The van der Waals surface area contributed by atoms with Gasteiger partial charge in [-0.05, 0) is 12.0 Å². The third kappa shape index (κ3) is 6.41. The van der Waals surface area contributed by atoms with Crippen LogP contribution in [0.1, 0.15) is 24.8 Å². The van der Waals surface area contributed by atoms with Crippen molar-refractivity contribution in [3.63, 3.8) is 0 Å². The average Bonchev–Trinajstić information content (AvgIpc) is 2.64. The second-order valence-electron chi connectivity index (χ2n) is 6.23.